The maximum Gasteiger partial charge on any atom is 0.355 e. The average molecular weight is 328 g/mol. The van der Waals surface area contributed by atoms with Crippen LogP contribution in [0.15, 0.2) is 29.2 Å². The molecule has 1 aliphatic carbocycles. The van der Waals surface area contributed by atoms with Gasteiger partial charge in [0.2, 0.25) is 0 Å². The fraction of sp³-hybridized carbons (Fsp3) is 0.250. The van der Waals surface area contributed by atoms with Gasteiger partial charge in [0.25, 0.3) is 0 Å². The molecule has 0 unspecified atom stereocenters. The smallest absolute Gasteiger partial charge is 0.355 e. The molecule has 7 heteroatoms. The first kappa shape index (κ1) is 14.1. The van der Waals surface area contributed by atoms with E-state index in [0.29, 0.717) is 33.4 Å². The van der Waals surface area contributed by atoms with Crippen LogP contribution >= 0.6 is 11.6 Å². The summed E-state index contributed by atoms with van der Waals surface area (Å²) in [6, 6.07) is 5.34. The summed E-state index contributed by atoms with van der Waals surface area (Å²) in [6.07, 6.45) is 3.81. The van der Waals surface area contributed by atoms with Gasteiger partial charge in [0.15, 0.2) is 5.65 Å². The van der Waals surface area contributed by atoms with E-state index in [1.807, 2.05) is 13.0 Å². The van der Waals surface area contributed by atoms with Crippen molar-refractivity contribution in [3.8, 4) is 5.69 Å². The highest BCUT2D eigenvalue weighted by atomic mass is 35.5. The van der Waals surface area contributed by atoms with Crippen LogP contribution in [0.2, 0.25) is 5.02 Å². The van der Waals surface area contributed by atoms with Crippen LogP contribution < -0.4 is 11.4 Å². The summed E-state index contributed by atoms with van der Waals surface area (Å²) in [4.78, 5) is 25.3. The second kappa shape index (κ2) is 5.03. The van der Waals surface area contributed by atoms with Crippen molar-refractivity contribution < 1.29 is 0 Å². The highest BCUT2D eigenvalue weighted by Gasteiger charge is 2.28. The van der Waals surface area contributed by atoms with Crippen molar-refractivity contribution in [3.63, 3.8) is 0 Å². The maximum atomic E-state index is 12.5. The molecule has 3 aromatic heterocycles. The van der Waals surface area contributed by atoms with Crippen LogP contribution in [-0.4, -0.2) is 19.5 Å². The zero-order valence-corrected chi connectivity index (χ0v) is 13.2. The molecule has 1 saturated carbocycles. The van der Waals surface area contributed by atoms with Gasteiger partial charge < -0.3 is 5.73 Å². The summed E-state index contributed by atoms with van der Waals surface area (Å²) in [5.74, 6) is 0.499. The number of hydrogen-bond donors (Lipinski definition) is 1. The number of nitrogen functional groups attached to an aromatic ring is 1. The normalized spacial score (nSPS) is 14.3. The lowest BCUT2D eigenvalue weighted by Gasteiger charge is -2.13. The molecule has 0 aromatic carbocycles. The van der Waals surface area contributed by atoms with Crippen LogP contribution in [-0.2, 0) is 0 Å². The van der Waals surface area contributed by atoms with E-state index in [-0.39, 0.29) is 5.82 Å². The molecule has 0 aliphatic heterocycles. The van der Waals surface area contributed by atoms with Gasteiger partial charge in [-0.05, 0) is 38.0 Å². The SMILES string of the molecule is Cc1ncccc1-n1c(=O)nc(N)c2cc(Cl)c(C3CC3)nc21. The van der Waals surface area contributed by atoms with Gasteiger partial charge in [-0.25, -0.2) is 14.3 Å². The number of rotatable bonds is 2. The van der Waals surface area contributed by atoms with Crippen LogP contribution in [0.3, 0.4) is 0 Å². The Kier molecular flexibility index (Phi) is 3.09. The summed E-state index contributed by atoms with van der Waals surface area (Å²) in [5, 5.41) is 1.14. The predicted molar refractivity (Wildman–Crippen MR) is 89.1 cm³/mol. The molecule has 0 amide bonds. The minimum absolute atomic E-state index is 0.138. The molecule has 1 aliphatic rings. The summed E-state index contributed by atoms with van der Waals surface area (Å²) >= 11 is 6.33. The van der Waals surface area contributed by atoms with Crippen LogP contribution in [0, 0.1) is 6.92 Å². The fourth-order valence-electron chi connectivity index (χ4n) is 2.73. The van der Waals surface area contributed by atoms with Crippen molar-refractivity contribution in [2.45, 2.75) is 25.7 Å². The minimum atomic E-state index is -0.470. The predicted octanol–water partition coefficient (Wildman–Crippen LogP) is 2.60. The monoisotopic (exact) mass is 327 g/mol. The van der Waals surface area contributed by atoms with E-state index in [4.69, 9.17) is 17.3 Å². The molecule has 0 bridgehead atoms. The molecule has 4 rings (SSSR count). The van der Waals surface area contributed by atoms with Crippen LogP contribution in [0.1, 0.15) is 30.1 Å². The third kappa shape index (κ3) is 2.26. The van der Waals surface area contributed by atoms with Gasteiger partial charge in [-0.2, -0.15) is 4.98 Å². The molecule has 3 aromatic rings. The first-order chi connectivity index (χ1) is 11.1. The first-order valence-electron chi connectivity index (χ1n) is 7.37. The largest absolute Gasteiger partial charge is 0.383 e. The highest BCUT2D eigenvalue weighted by Crippen LogP contribution is 2.43. The number of fused-ring (bicyclic) bond motifs is 1. The Balaban J connectivity index is 2.12. The molecule has 0 atom stereocenters. The van der Waals surface area contributed by atoms with Gasteiger partial charge in [0, 0.05) is 12.1 Å². The third-order valence-electron chi connectivity index (χ3n) is 4.06. The van der Waals surface area contributed by atoms with E-state index in [0.717, 1.165) is 18.5 Å². The zero-order chi connectivity index (χ0) is 16.1. The lowest BCUT2D eigenvalue weighted by molar-refractivity contribution is 0.910. The number of nitrogens with two attached hydrogens (primary N) is 1. The molecular formula is C16H14ClN5O. The first-order valence-corrected chi connectivity index (χ1v) is 7.74. The molecule has 6 nitrogen and oxygen atoms in total. The van der Waals surface area contributed by atoms with Crippen LogP contribution in [0.4, 0.5) is 5.82 Å². The zero-order valence-electron chi connectivity index (χ0n) is 12.5. The molecular weight excluding hydrogens is 314 g/mol. The van der Waals surface area contributed by atoms with Crippen LogP contribution in [0.25, 0.3) is 16.7 Å². The molecule has 2 N–H and O–H groups in total. The molecule has 3 heterocycles. The van der Waals surface area contributed by atoms with E-state index in [1.165, 1.54) is 4.57 Å². The quantitative estimate of drug-likeness (QED) is 0.781. The lowest BCUT2D eigenvalue weighted by atomic mass is 10.2. The van der Waals surface area contributed by atoms with Crippen molar-refractivity contribution in [2.24, 2.45) is 0 Å². The third-order valence-corrected chi connectivity index (χ3v) is 4.36. The summed E-state index contributed by atoms with van der Waals surface area (Å²) in [7, 11) is 0. The fourth-order valence-corrected chi connectivity index (χ4v) is 3.03. The lowest BCUT2D eigenvalue weighted by Crippen LogP contribution is -2.25. The van der Waals surface area contributed by atoms with Crippen molar-refractivity contribution in [2.75, 3.05) is 5.73 Å². The van der Waals surface area contributed by atoms with Gasteiger partial charge in [-0.15, -0.1) is 0 Å². The molecule has 0 saturated heterocycles. The topological polar surface area (TPSA) is 86.7 Å². The molecule has 23 heavy (non-hydrogen) atoms. The second-order valence-electron chi connectivity index (χ2n) is 5.72. The summed E-state index contributed by atoms with van der Waals surface area (Å²) < 4.78 is 1.45. The van der Waals surface area contributed by atoms with Crippen molar-refractivity contribution in [1.82, 2.24) is 19.5 Å². The Morgan fingerprint density at radius 2 is 2.13 bits per heavy atom. The van der Waals surface area contributed by atoms with E-state index in [2.05, 4.69) is 15.0 Å². The number of hydrogen-bond acceptors (Lipinski definition) is 5. The number of halogens is 1. The average Bonchev–Trinajstić information content (AvgIpc) is 3.34. The van der Waals surface area contributed by atoms with Crippen molar-refractivity contribution in [3.05, 3.63) is 51.3 Å². The minimum Gasteiger partial charge on any atom is -0.383 e. The number of anilines is 1. The summed E-state index contributed by atoms with van der Waals surface area (Å²) in [5.41, 5.74) is 8.10. The van der Waals surface area contributed by atoms with E-state index in [1.54, 1.807) is 18.3 Å². The van der Waals surface area contributed by atoms with Gasteiger partial charge in [-0.3, -0.25) is 4.98 Å². The van der Waals surface area contributed by atoms with Gasteiger partial charge in [-0.1, -0.05) is 11.6 Å². The number of aryl methyl sites for hydroxylation is 1. The number of aromatic nitrogens is 4. The Morgan fingerprint density at radius 3 is 2.83 bits per heavy atom. The molecule has 0 radical (unpaired) electrons. The van der Waals surface area contributed by atoms with E-state index < -0.39 is 5.69 Å². The van der Waals surface area contributed by atoms with Gasteiger partial charge in [0.05, 0.1) is 27.5 Å². The highest BCUT2D eigenvalue weighted by molar-refractivity contribution is 6.32. The number of nitrogens with zero attached hydrogens (tertiary/aromatic N) is 4. The number of pyridine rings is 2. The molecule has 1 fully saturated rings. The second-order valence-corrected chi connectivity index (χ2v) is 6.13. The molecule has 0 spiro atoms. The van der Waals surface area contributed by atoms with Crippen molar-refractivity contribution in [1.29, 1.82) is 0 Å². The Morgan fingerprint density at radius 1 is 1.35 bits per heavy atom. The van der Waals surface area contributed by atoms with E-state index in [9.17, 15) is 4.79 Å². The van der Waals surface area contributed by atoms with Gasteiger partial charge >= 0.3 is 5.69 Å². The Hall–Kier alpha value is -2.47. The van der Waals surface area contributed by atoms with Crippen molar-refractivity contribution >= 4 is 28.5 Å². The standard InChI is InChI=1S/C16H14ClN5O/c1-8-12(3-2-6-19-8)22-15-10(14(18)21-16(22)23)7-11(17)13(20-15)9-4-5-9/h2-3,6-7,9H,4-5H2,1H3,(H2,18,21,23). The summed E-state index contributed by atoms with van der Waals surface area (Å²) in [6.45, 7) is 1.84. The maximum absolute atomic E-state index is 12.5. The van der Waals surface area contributed by atoms with Gasteiger partial charge in [0.1, 0.15) is 5.82 Å². The molecule has 116 valence electrons. The van der Waals surface area contributed by atoms with E-state index >= 15 is 0 Å². The Labute approximate surface area is 137 Å². The Bertz CT molecular complexity index is 994. The van der Waals surface area contributed by atoms with Crippen LogP contribution in [0.5, 0.6) is 0 Å².